The van der Waals surface area contributed by atoms with Crippen molar-refractivity contribution < 1.29 is 9.18 Å². The van der Waals surface area contributed by atoms with Crippen LogP contribution in [0.25, 0.3) is 0 Å². The number of carbonyl (C=O) groups is 1. The molecule has 0 radical (unpaired) electrons. The summed E-state index contributed by atoms with van der Waals surface area (Å²) in [5.74, 6) is -0.394. The van der Waals surface area contributed by atoms with E-state index in [-0.39, 0.29) is 24.2 Å². The van der Waals surface area contributed by atoms with Gasteiger partial charge in [-0.05, 0) is 41.3 Å². The first kappa shape index (κ1) is 16.9. The van der Waals surface area contributed by atoms with Gasteiger partial charge in [0.25, 0.3) is 0 Å². The molecule has 3 aromatic rings. The Hall–Kier alpha value is -2.94. The quantitative estimate of drug-likeness (QED) is 0.727. The van der Waals surface area contributed by atoms with E-state index in [2.05, 4.69) is 5.32 Å². The molecule has 0 saturated heterocycles. The normalized spacial score (nSPS) is 11.8. The van der Waals surface area contributed by atoms with Gasteiger partial charge in [-0.3, -0.25) is 4.79 Å². The first-order valence-corrected chi connectivity index (χ1v) is 8.28. The highest BCUT2D eigenvalue weighted by Gasteiger charge is 2.18. The summed E-state index contributed by atoms with van der Waals surface area (Å²) in [4.78, 5) is 12.6. The van der Waals surface area contributed by atoms with E-state index in [1.165, 1.54) is 12.1 Å². The molecule has 0 aromatic heterocycles. The summed E-state index contributed by atoms with van der Waals surface area (Å²) < 4.78 is 13.0. The van der Waals surface area contributed by atoms with Crippen molar-refractivity contribution in [3.63, 3.8) is 0 Å². The fraction of sp³-hybridized carbons (Fsp3) is 0.136. The van der Waals surface area contributed by atoms with Gasteiger partial charge in [-0.25, -0.2) is 4.39 Å². The Morgan fingerprint density at radius 2 is 1.56 bits per heavy atom. The molecule has 25 heavy (non-hydrogen) atoms. The molecular formula is C22H20FNO. The van der Waals surface area contributed by atoms with Crippen LogP contribution in [0, 0.1) is 12.7 Å². The lowest BCUT2D eigenvalue weighted by atomic mass is 9.94. The van der Waals surface area contributed by atoms with E-state index in [1.807, 2.05) is 61.5 Å². The van der Waals surface area contributed by atoms with Crippen LogP contribution in [0.5, 0.6) is 0 Å². The molecule has 3 aromatic carbocycles. The second kappa shape index (κ2) is 7.75. The van der Waals surface area contributed by atoms with E-state index in [4.69, 9.17) is 0 Å². The summed E-state index contributed by atoms with van der Waals surface area (Å²) >= 11 is 0. The van der Waals surface area contributed by atoms with Crippen LogP contribution >= 0.6 is 0 Å². The molecule has 0 unspecified atom stereocenters. The standard InChI is InChI=1S/C22H20FNO/c1-16-7-5-6-10-20(16)22(18-8-3-2-4-9-18)24-21(25)15-17-11-13-19(23)14-12-17/h2-14,22H,15H2,1H3,(H,24,25)/t22-/m0/s1. The lowest BCUT2D eigenvalue weighted by Gasteiger charge is -2.21. The Labute approximate surface area is 147 Å². The largest absolute Gasteiger partial charge is 0.345 e. The van der Waals surface area contributed by atoms with Crippen molar-refractivity contribution in [3.8, 4) is 0 Å². The summed E-state index contributed by atoms with van der Waals surface area (Å²) in [7, 11) is 0. The summed E-state index contributed by atoms with van der Waals surface area (Å²) in [6, 6.07) is 23.8. The van der Waals surface area contributed by atoms with E-state index >= 15 is 0 Å². The van der Waals surface area contributed by atoms with Gasteiger partial charge < -0.3 is 5.32 Å². The molecule has 1 N–H and O–H groups in total. The molecule has 0 heterocycles. The predicted octanol–water partition coefficient (Wildman–Crippen LogP) is 4.58. The maximum Gasteiger partial charge on any atom is 0.225 e. The van der Waals surface area contributed by atoms with Gasteiger partial charge in [-0.15, -0.1) is 0 Å². The fourth-order valence-corrected chi connectivity index (χ4v) is 2.90. The third-order valence-electron chi connectivity index (χ3n) is 4.22. The van der Waals surface area contributed by atoms with Crippen molar-refractivity contribution in [3.05, 3.63) is 107 Å². The summed E-state index contributed by atoms with van der Waals surface area (Å²) in [5, 5.41) is 3.12. The van der Waals surface area contributed by atoms with Crippen LogP contribution in [0.15, 0.2) is 78.9 Å². The van der Waals surface area contributed by atoms with E-state index < -0.39 is 0 Å². The van der Waals surface area contributed by atoms with Crippen molar-refractivity contribution in [1.82, 2.24) is 5.32 Å². The predicted molar refractivity (Wildman–Crippen MR) is 97.7 cm³/mol. The van der Waals surface area contributed by atoms with Crippen LogP contribution < -0.4 is 5.32 Å². The monoisotopic (exact) mass is 333 g/mol. The third-order valence-corrected chi connectivity index (χ3v) is 4.22. The molecule has 0 fully saturated rings. The minimum Gasteiger partial charge on any atom is -0.345 e. The molecule has 0 saturated carbocycles. The van der Waals surface area contributed by atoms with Crippen molar-refractivity contribution in [1.29, 1.82) is 0 Å². The molecule has 126 valence electrons. The van der Waals surface area contributed by atoms with Gasteiger partial charge in [-0.1, -0.05) is 66.7 Å². The van der Waals surface area contributed by atoms with Gasteiger partial charge in [0.15, 0.2) is 0 Å². The number of carbonyl (C=O) groups excluding carboxylic acids is 1. The molecule has 2 nitrogen and oxygen atoms in total. The molecular weight excluding hydrogens is 313 g/mol. The zero-order valence-corrected chi connectivity index (χ0v) is 14.1. The molecule has 0 aliphatic heterocycles. The number of aryl methyl sites for hydroxylation is 1. The van der Waals surface area contributed by atoms with Gasteiger partial charge in [0.1, 0.15) is 5.82 Å². The summed E-state index contributed by atoms with van der Waals surface area (Å²) in [6.45, 7) is 2.04. The minimum atomic E-state index is -0.300. The maximum absolute atomic E-state index is 13.0. The zero-order chi connectivity index (χ0) is 17.6. The number of hydrogen-bond acceptors (Lipinski definition) is 1. The molecule has 1 amide bonds. The Balaban J connectivity index is 1.84. The molecule has 1 atom stereocenters. The van der Waals surface area contributed by atoms with Crippen LogP contribution in [-0.2, 0) is 11.2 Å². The lowest BCUT2D eigenvalue weighted by Crippen LogP contribution is -2.31. The second-order valence-electron chi connectivity index (χ2n) is 6.07. The number of amides is 1. The number of benzene rings is 3. The Kier molecular flexibility index (Phi) is 5.24. The Bertz CT molecular complexity index is 843. The Morgan fingerprint density at radius 3 is 2.24 bits per heavy atom. The van der Waals surface area contributed by atoms with Gasteiger partial charge in [0.05, 0.1) is 12.5 Å². The van der Waals surface area contributed by atoms with E-state index in [9.17, 15) is 9.18 Å². The zero-order valence-electron chi connectivity index (χ0n) is 14.1. The number of halogens is 1. The minimum absolute atomic E-state index is 0.0938. The number of hydrogen-bond donors (Lipinski definition) is 1. The maximum atomic E-state index is 13.0. The highest BCUT2D eigenvalue weighted by Crippen LogP contribution is 2.25. The van der Waals surface area contributed by atoms with Crippen molar-refractivity contribution in [2.75, 3.05) is 0 Å². The van der Waals surface area contributed by atoms with Crippen LogP contribution in [0.3, 0.4) is 0 Å². The SMILES string of the molecule is Cc1ccccc1[C@@H](NC(=O)Cc1ccc(F)cc1)c1ccccc1. The molecule has 3 rings (SSSR count). The van der Waals surface area contributed by atoms with Crippen LogP contribution in [-0.4, -0.2) is 5.91 Å². The first-order valence-electron chi connectivity index (χ1n) is 8.28. The van der Waals surface area contributed by atoms with E-state index in [1.54, 1.807) is 12.1 Å². The first-order chi connectivity index (χ1) is 12.1. The number of rotatable bonds is 5. The second-order valence-corrected chi connectivity index (χ2v) is 6.07. The number of nitrogens with one attached hydrogen (secondary N) is 1. The smallest absolute Gasteiger partial charge is 0.225 e. The van der Waals surface area contributed by atoms with Gasteiger partial charge in [0, 0.05) is 0 Å². The van der Waals surface area contributed by atoms with Crippen molar-refractivity contribution in [2.24, 2.45) is 0 Å². The van der Waals surface area contributed by atoms with Crippen LogP contribution in [0.2, 0.25) is 0 Å². The molecule has 0 aliphatic carbocycles. The highest BCUT2D eigenvalue weighted by molar-refractivity contribution is 5.79. The van der Waals surface area contributed by atoms with Gasteiger partial charge in [0.2, 0.25) is 5.91 Å². The van der Waals surface area contributed by atoms with Crippen molar-refractivity contribution >= 4 is 5.91 Å². The Morgan fingerprint density at radius 1 is 0.920 bits per heavy atom. The molecule has 0 aliphatic rings. The fourth-order valence-electron chi connectivity index (χ4n) is 2.90. The summed E-state index contributed by atoms with van der Waals surface area (Å²) in [5.41, 5.74) is 4.01. The van der Waals surface area contributed by atoms with Crippen LogP contribution in [0.4, 0.5) is 4.39 Å². The van der Waals surface area contributed by atoms with Crippen LogP contribution in [0.1, 0.15) is 28.3 Å². The summed E-state index contributed by atoms with van der Waals surface area (Å²) in [6.07, 6.45) is 0.218. The highest BCUT2D eigenvalue weighted by atomic mass is 19.1. The average Bonchev–Trinajstić information content (AvgIpc) is 2.63. The molecule has 0 spiro atoms. The average molecular weight is 333 g/mol. The van der Waals surface area contributed by atoms with E-state index in [0.29, 0.717) is 0 Å². The van der Waals surface area contributed by atoms with Gasteiger partial charge >= 0.3 is 0 Å². The van der Waals surface area contributed by atoms with Gasteiger partial charge in [-0.2, -0.15) is 0 Å². The van der Waals surface area contributed by atoms with Crippen molar-refractivity contribution in [2.45, 2.75) is 19.4 Å². The molecule has 3 heteroatoms. The third kappa shape index (κ3) is 4.32. The lowest BCUT2D eigenvalue weighted by molar-refractivity contribution is -0.120. The molecule has 0 bridgehead atoms. The topological polar surface area (TPSA) is 29.1 Å². The van der Waals surface area contributed by atoms with E-state index in [0.717, 1.165) is 22.3 Å².